The van der Waals surface area contributed by atoms with E-state index >= 15 is 0 Å². The standard InChI is InChI=1S/C27H43NO8.ClH.H2O/c1-8-24(5)15-18(30)27(33)25(6)17(29)9-10-23(3,4)20(25)19(31)21(26(27,7)36-24)35-22(32)16(2)28-11-13-34-14-12-28;;/h8,16-17,19-21,29,31,33H,1,9-15H2,2-7H3;1H;1H2. The number of aliphatic hydroxyl groups is 3. The van der Waals surface area contributed by atoms with Crippen LogP contribution in [-0.4, -0.2) is 105 Å². The Morgan fingerprint density at radius 3 is 2.32 bits per heavy atom. The van der Waals surface area contributed by atoms with Gasteiger partial charge in [0, 0.05) is 30.8 Å². The van der Waals surface area contributed by atoms with Gasteiger partial charge in [-0.05, 0) is 39.0 Å². The minimum absolute atomic E-state index is 0. The van der Waals surface area contributed by atoms with E-state index < -0.39 is 69.7 Å². The van der Waals surface area contributed by atoms with Crippen molar-refractivity contribution in [3.05, 3.63) is 12.7 Å². The highest BCUT2D eigenvalue weighted by molar-refractivity contribution is 5.92. The molecular formula is C27H46ClNO9. The summed E-state index contributed by atoms with van der Waals surface area (Å²) < 4.78 is 17.9. The van der Waals surface area contributed by atoms with Crippen LogP contribution in [0.25, 0.3) is 0 Å². The third-order valence-corrected chi connectivity index (χ3v) is 9.90. The van der Waals surface area contributed by atoms with Gasteiger partial charge in [-0.15, -0.1) is 19.0 Å². The molecule has 9 atom stereocenters. The van der Waals surface area contributed by atoms with Gasteiger partial charge in [-0.25, -0.2) is 0 Å². The first-order chi connectivity index (χ1) is 16.6. The van der Waals surface area contributed by atoms with E-state index in [4.69, 9.17) is 14.2 Å². The summed E-state index contributed by atoms with van der Waals surface area (Å²) in [6.07, 6.45) is -1.46. The number of ketones is 1. The number of fused-ring (bicyclic) bond motifs is 3. The second-order valence-corrected chi connectivity index (χ2v) is 12.5. The molecule has 2 heterocycles. The van der Waals surface area contributed by atoms with Gasteiger partial charge in [0.25, 0.3) is 0 Å². The first-order valence-corrected chi connectivity index (χ1v) is 13.1. The first kappa shape index (κ1) is 33.1. The Hall–Kier alpha value is -1.11. The molecule has 2 saturated heterocycles. The molecule has 0 aromatic rings. The van der Waals surface area contributed by atoms with Gasteiger partial charge in [0.2, 0.25) is 0 Å². The first-order valence-electron chi connectivity index (χ1n) is 13.1. The average Bonchev–Trinajstić information content (AvgIpc) is 2.82. The second-order valence-electron chi connectivity index (χ2n) is 12.5. The van der Waals surface area contributed by atoms with Gasteiger partial charge in [0.15, 0.2) is 17.5 Å². The number of esters is 1. The predicted molar refractivity (Wildman–Crippen MR) is 142 cm³/mol. The Bertz CT molecular complexity index is 926. The number of hydrogen-bond acceptors (Lipinski definition) is 9. The molecule has 0 bridgehead atoms. The van der Waals surface area contributed by atoms with Crippen LogP contribution in [0.2, 0.25) is 0 Å². The van der Waals surface area contributed by atoms with Crippen LogP contribution in [0.5, 0.6) is 0 Å². The van der Waals surface area contributed by atoms with Crippen molar-refractivity contribution < 1.29 is 44.6 Å². The number of ether oxygens (including phenoxy) is 3. The fourth-order valence-corrected chi connectivity index (χ4v) is 7.82. The largest absolute Gasteiger partial charge is 0.455 e. The summed E-state index contributed by atoms with van der Waals surface area (Å²) in [5.41, 5.74) is -7.23. The summed E-state index contributed by atoms with van der Waals surface area (Å²) in [6, 6.07) is -0.624. The SMILES string of the molecule is C=CC1(C)CC(=O)C2(O)C(C)(O1)C(OC(=O)C(C)N1CCOCC1)C(O)C1C(C)(C)CCC(O)C12C.Cl.O. The fourth-order valence-electron chi connectivity index (χ4n) is 7.82. The molecule has 0 aromatic heterocycles. The van der Waals surface area contributed by atoms with Crippen LogP contribution < -0.4 is 0 Å². The maximum Gasteiger partial charge on any atom is 0.323 e. The molecule has 220 valence electrons. The van der Waals surface area contributed by atoms with Crippen molar-refractivity contribution in [2.45, 2.75) is 102 Å². The summed E-state index contributed by atoms with van der Waals surface area (Å²) in [7, 11) is 0. The number of nitrogens with zero attached hydrogens (tertiary/aromatic N) is 1. The number of halogens is 1. The lowest BCUT2D eigenvalue weighted by atomic mass is 9.40. The summed E-state index contributed by atoms with van der Waals surface area (Å²) in [5, 5.41) is 35.8. The van der Waals surface area contributed by atoms with Crippen molar-refractivity contribution in [3.8, 4) is 0 Å². The molecule has 4 rings (SSSR count). The molecular weight excluding hydrogens is 518 g/mol. The number of carbonyl (C=O) groups is 2. The smallest absolute Gasteiger partial charge is 0.323 e. The molecule has 10 nitrogen and oxygen atoms in total. The van der Waals surface area contributed by atoms with Crippen molar-refractivity contribution in [1.29, 1.82) is 0 Å². The molecule has 38 heavy (non-hydrogen) atoms. The monoisotopic (exact) mass is 563 g/mol. The highest BCUT2D eigenvalue weighted by Crippen LogP contribution is 2.67. The van der Waals surface area contributed by atoms with E-state index in [2.05, 4.69) is 6.58 Å². The maximum absolute atomic E-state index is 13.9. The van der Waals surface area contributed by atoms with E-state index in [1.165, 1.54) is 13.0 Å². The molecule has 2 aliphatic heterocycles. The number of rotatable bonds is 4. The molecule has 2 aliphatic carbocycles. The Morgan fingerprint density at radius 1 is 1.18 bits per heavy atom. The second kappa shape index (κ2) is 10.7. The lowest BCUT2D eigenvalue weighted by Crippen LogP contribution is -2.86. The van der Waals surface area contributed by atoms with Crippen molar-refractivity contribution in [1.82, 2.24) is 4.90 Å². The number of Topliss-reactive ketones (excluding diaryl/α,β-unsaturated/α-hetero) is 1. The molecule has 11 heteroatoms. The Morgan fingerprint density at radius 2 is 1.76 bits per heavy atom. The third kappa shape index (κ3) is 4.45. The zero-order chi connectivity index (χ0) is 26.9. The minimum Gasteiger partial charge on any atom is -0.455 e. The molecule has 0 amide bonds. The fraction of sp³-hybridized carbons (Fsp3) is 0.852. The summed E-state index contributed by atoms with van der Waals surface area (Å²) in [5.74, 6) is -1.84. The lowest BCUT2D eigenvalue weighted by molar-refractivity contribution is -0.371. The van der Waals surface area contributed by atoms with E-state index in [-0.39, 0.29) is 24.3 Å². The van der Waals surface area contributed by atoms with Crippen LogP contribution in [0, 0.1) is 16.7 Å². The van der Waals surface area contributed by atoms with Gasteiger partial charge in [-0.2, -0.15) is 0 Å². The van der Waals surface area contributed by atoms with E-state index in [1.807, 2.05) is 18.7 Å². The quantitative estimate of drug-likeness (QED) is 0.332. The number of hydrogen-bond donors (Lipinski definition) is 3. The number of aliphatic hydroxyl groups excluding tert-OH is 2. The van der Waals surface area contributed by atoms with Crippen molar-refractivity contribution in [2.75, 3.05) is 26.3 Å². The molecule has 2 saturated carbocycles. The highest BCUT2D eigenvalue weighted by Gasteiger charge is 2.81. The Labute approximate surface area is 231 Å². The van der Waals surface area contributed by atoms with E-state index in [0.717, 1.165) is 0 Å². The zero-order valence-electron chi connectivity index (χ0n) is 23.4. The molecule has 0 spiro atoms. The van der Waals surface area contributed by atoms with E-state index in [9.17, 15) is 24.9 Å². The summed E-state index contributed by atoms with van der Waals surface area (Å²) >= 11 is 0. The zero-order valence-corrected chi connectivity index (χ0v) is 24.2. The minimum atomic E-state index is -2.23. The lowest BCUT2D eigenvalue weighted by Gasteiger charge is -2.71. The highest BCUT2D eigenvalue weighted by atomic mass is 35.5. The van der Waals surface area contributed by atoms with E-state index in [1.54, 1.807) is 20.8 Å². The molecule has 0 radical (unpaired) electrons. The van der Waals surface area contributed by atoms with Crippen LogP contribution in [-0.2, 0) is 23.8 Å². The number of carbonyl (C=O) groups excluding carboxylic acids is 2. The number of morpholine rings is 1. The predicted octanol–water partition coefficient (Wildman–Crippen LogP) is 0.818. The van der Waals surface area contributed by atoms with Crippen LogP contribution in [0.4, 0.5) is 0 Å². The molecule has 0 aromatic carbocycles. The van der Waals surface area contributed by atoms with Crippen molar-refractivity contribution in [2.24, 2.45) is 16.7 Å². The van der Waals surface area contributed by atoms with Gasteiger partial charge < -0.3 is 35.0 Å². The molecule has 4 aliphatic rings. The van der Waals surface area contributed by atoms with Crippen molar-refractivity contribution >= 4 is 24.2 Å². The van der Waals surface area contributed by atoms with Gasteiger partial charge >= 0.3 is 5.97 Å². The molecule has 5 N–H and O–H groups in total. The summed E-state index contributed by atoms with van der Waals surface area (Å²) in [4.78, 5) is 29.3. The maximum atomic E-state index is 13.9. The molecule has 9 unspecified atom stereocenters. The van der Waals surface area contributed by atoms with Gasteiger partial charge in [-0.1, -0.05) is 26.8 Å². The van der Waals surface area contributed by atoms with Crippen LogP contribution in [0.3, 0.4) is 0 Å². The van der Waals surface area contributed by atoms with Crippen molar-refractivity contribution in [3.63, 3.8) is 0 Å². The molecule has 4 fully saturated rings. The Balaban J connectivity index is 0.00000253. The van der Waals surface area contributed by atoms with E-state index in [0.29, 0.717) is 39.1 Å². The third-order valence-electron chi connectivity index (χ3n) is 9.90. The van der Waals surface area contributed by atoms with Gasteiger partial charge in [0.05, 0.1) is 31.0 Å². The van der Waals surface area contributed by atoms with Gasteiger partial charge in [0.1, 0.15) is 11.6 Å². The summed E-state index contributed by atoms with van der Waals surface area (Å²) in [6.45, 7) is 16.4. The van der Waals surface area contributed by atoms with Crippen LogP contribution in [0.1, 0.15) is 60.8 Å². The van der Waals surface area contributed by atoms with Gasteiger partial charge in [-0.3, -0.25) is 14.5 Å². The topological polar surface area (TPSA) is 157 Å². The Kier molecular flexibility index (Phi) is 9.32. The van der Waals surface area contributed by atoms with Crippen LogP contribution in [0.15, 0.2) is 12.7 Å². The van der Waals surface area contributed by atoms with Crippen LogP contribution >= 0.6 is 12.4 Å². The normalized spacial score (nSPS) is 45.3. The average molecular weight is 564 g/mol.